The van der Waals surface area contributed by atoms with Crippen molar-refractivity contribution in [3.05, 3.63) is 11.1 Å². The van der Waals surface area contributed by atoms with Crippen LogP contribution in [0.15, 0.2) is 11.1 Å². The number of hydrogen-bond acceptors (Lipinski definition) is 2. The molecule has 0 heterocycles. The second-order valence-corrected chi connectivity index (χ2v) is 4.82. The summed E-state index contributed by atoms with van der Waals surface area (Å²) in [5.41, 5.74) is 2.09. The van der Waals surface area contributed by atoms with Gasteiger partial charge in [0.15, 0.2) is 0 Å². The highest BCUT2D eigenvalue weighted by molar-refractivity contribution is 5.88. The van der Waals surface area contributed by atoms with Crippen molar-refractivity contribution >= 4 is 5.97 Å². The van der Waals surface area contributed by atoms with E-state index in [4.69, 9.17) is 4.74 Å². The van der Waals surface area contributed by atoms with Gasteiger partial charge in [0.1, 0.15) is 0 Å². The highest BCUT2D eigenvalue weighted by Gasteiger charge is 2.10. The summed E-state index contributed by atoms with van der Waals surface area (Å²) >= 11 is 0. The van der Waals surface area contributed by atoms with E-state index in [0.717, 1.165) is 18.4 Å². The van der Waals surface area contributed by atoms with Crippen LogP contribution in [0.2, 0.25) is 0 Å². The number of carbonyl (C=O) groups excluding carboxylic acids is 1. The van der Waals surface area contributed by atoms with Crippen molar-refractivity contribution in [1.29, 1.82) is 0 Å². The van der Waals surface area contributed by atoms with E-state index in [2.05, 4.69) is 13.8 Å². The van der Waals surface area contributed by atoms with Crippen molar-refractivity contribution < 1.29 is 9.53 Å². The maximum absolute atomic E-state index is 11.6. The van der Waals surface area contributed by atoms with Crippen LogP contribution in [0.3, 0.4) is 0 Å². The fourth-order valence-electron chi connectivity index (χ4n) is 2.13. The predicted octanol–water partition coefficient (Wildman–Crippen LogP) is 5.03. The van der Waals surface area contributed by atoms with Crippen LogP contribution in [0.4, 0.5) is 0 Å². The fourth-order valence-corrected chi connectivity index (χ4v) is 2.13. The summed E-state index contributed by atoms with van der Waals surface area (Å²) in [5.74, 6) is -0.139. The Labute approximate surface area is 113 Å². The quantitative estimate of drug-likeness (QED) is 0.310. The minimum atomic E-state index is -0.139. The van der Waals surface area contributed by atoms with Gasteiger partial charge in [0.2, 0.25) is 0 Å². The van der Waals surface area contributed by atoms with Crippen molar-refractivity contribution in [2.24, 2.45) is 0 Å². The molecule has 0 bridgehead atoms. The Morgan fingerprint density at radius 1 is 0.944 bits per heavy atom. The molecule has 0 atom stereocenters. The highest BCUT2D eigenvalue weighted by atomic mass is 16.5. The topological polar surface area (TPSA) is 26.3 Å². The third kappa shape index (κ3) is 7.52. The molecular formula is C16H30O2. The SMILES string of the molecule is CCCCCCCCC(CC)=C(C)C(=O)OCC. The molecule has 18 heavy (non-hydrogen) atoms. The van der Waals surface area contributed by atoms with E-state index in [1.807, 2.05) is 13.8 Å². The third-order valence-electron chi connectivity index (χ3n) is 3.37. The molecule has 0 N–H and O–H groups in total. The molecule has 0 aliphatic carbocycles. The molecule has 0 spiro atoms. The maximum atomic E-state index is 11.6. The Balaban J connectivity index is 4.01. The lowest BCUT2D eigenvalue weighted by Crippen LogP contribution is -2.07. The lowest BCUT2D eigenvalue weighted by molar-refractivity contribution is -0.138. The molecule has 0 fully saturated rings. The molecule has 0 aromatic heterocycles. The van der Waals surface area contributed by atoms with Crippen molar-refractivity contribution in [1.82, 2.24) is 0 Å². The zero-order valence-electron chi connectivity index (χ0n) is 12.7. The van der Waals surface area contributed by atoms with E-state index in [-0.39, 0.29) is 5.97 Å². The summed E-state index contributed by atoms with van der Waals surface area (Å²) in [6, 6.07) is 0. The summed E-state index contributed by atoms with van der Waals surface area (Å²) in [7, 11) is 0. The number of unbranched alkanes of at least 4 members (excludes halogenated alkanes) is 5. The number of esters is 1. The lowest BCUT2D eigenvalue weighted by atomic mass is 9.99. The molecule has 0 amide bonds. The lowest BCUT2D eigenvalue weighted by Gasteiger charge is -2.10. The van der Waals surface area contributed by atoms with Crippen LogP contribution in [-0.4, -0.2) is 12.6 Å². The van der Waals surface area contributed by atoms with Crippen LogP contribution in [0.25, 0.3) is 0 Å². The van der Waals surface area contributed by atoms with E-state index in [9.17, 15) is 4.79 Å². The van der Waals surface area contributed by atoms with Gasteiger partial charge in [0.25, 0.3) is 0 Å². The molecule has 2 heteroatoms. The van der Waals surface area contributed by atoms with Gasteiger partial charge in [0.05, 0.1) is 6.61 Å². The molecule has 0 aromatic carbocycles. The minimum Gasteiger partial charge on any atom is -0.463 e. The second-order valence-electron chi connectivity index (χ2n) is 4.82. The van der Waals surface area contributed by atoms with Crippen LogP contribution >= 0.6 is 0 Å². The first-order chi connectivity index (χ1) is 8.67. The number of hydrogen-bond donors (Lipinski definition) is 0. The van der Waals surface area contributed by atoms with Crippen LogP contribution in [0.5, 0.6) is 0 Å². The zero-order valence-corrected chi connectivity index (χ0v) is 12.7. The van der Waals surface area contributed by atoms with Crippen molar-refractivity contribution in [3.8, 4) is 0 Å². The fraction of sp³-hybridized carbons (Fsp3) is 0.812. The van der Waals surface area contributed by atoms with E-state index < -0.39 is 0 Å². The van der Waals surface area contributed by atoms with Crippen LogP contribution in [0.1, 0.15) is 79.1 Å². The van der Waals surface area contributed by atoms with Gasteiger partial charge in [-0.2, -0.15) is 0 Å². The van der Waals surface area contributed by atoms with Crippen LogP contribution in [0, 0.1) is 0 Å². The van der Waals surface area contributed by atoms with Gasteiger partial charge in [-0.05, 0) is 33.1 Å². The third-order valence-corrected chi connectivity index (χ3v) is 3.37. The largest absolute Gasteiger partial charge is 0.463 e. The normalized spacial score (nSPS) is 12.2. The molecule has 0 rings (SSSR count). The zero-order chi connectivity index (χ0) is 13.8. The molecule has 2 nitrogen and oxygen atoms in total. The minimum absolute atomic E-state index is 0.139. The monoisotopic (exact) mass is 254 g/mol. The average Bonchev–Trinajstić information content (AvgIpc) is 2.37. The summed E-state index contributed by atoms with van der Waals surface area (Å²) < 4.78 is 5.05. The summed E-state index contributed by atoms with van der Waals surface area (Å²) in [6.07, 6.45) is 9.79. The Bertz CT molecular complexity index is 254. The van der Waals surface area contributed by atoms with Crippen LogP contribution < -0.4 is 0 Å². The van der Waals surface area contributed by atoms with Gasteiger partial charge < -0.3 is 4.74 Å². The van der Waals surface area contributed by atoms with E-state index >= 15 is 0 Å². The molecule has 106 valence electrons. The molecule has 0 aromatic rings. The number of carbonyl (C=O) groups is 1. The van der Waals surface area contributed by atoms with Gasteiger partial charge in [-0.25, -0.2) is 4.79 Å². The summed E-state index contributed by atoms with van der Waals surface area (Å²) in [6.45, 7) is 8.57. The van der Waals surface area contributed by atoms with Gasteiger partial charge in [-0.15, -0.1) is 0 Å². The number of ether oxygens (including phenoxy) is 1. The Kier molecular flexibility index (Phi) is 10.8. The van der Waals surface area contributed by atoms with Crippen molar-refractivity contribution in [2.75, 3.05) is 6.61 Å². The Morgan fingerprint density at radius 3 is 2.11 bits per heavy atom. The first kappa shape index (κ1) is 17.2. The van der Waals surface area contributed by atoms with Gasteiger partial charge in [-0.3, -0.25) is 0 Å². The smallest absolute Gasteiger partial charge is 0.333 e. The van der Waals surface area contributed by atoms with Gasteiger partial charge in [-0.1, -0.05) is 51.5 Å². The van der Waals surface area contributed by atoms with Crippen molar-refractivity contribution in [3.63, 3.8) is 0 Å². The Hall–Kier alpha value is -0.790. The Morgan fingerprint density at radius 2 is 1.56 bits per heavy atom. The highest BCUT2D eigenvalue weighted by Crippen LogP contribution is 2.18. The van der Waals surface area contributed by atoms with E-state index in [1.54, 1.807) is 0 Å². The molecule has 0 aliphatic rings. The predicted molar refractivity (Wildman–Crippen MR) is 77.6 cm³/mol. The van der Waals surface area contributed by atoms with Crippen LogP contribution in [-0.2, 0) is 9.53 Å². The molecule has 0 radical (unpaired) electrons. The number of rotatable bonds is 10. The average molecular weight is 254 g/mol. The first-order valence-electron chi connectivity index (χ1n) is 7.53. The molecule has 0 aliphatic heterocycles. The molecule has 0 saturated heterocycles. The molecule has 0 unspecified atom stereocenters. The van der Waals surface area contributed by atoms with E-state index in [1.165, 1.54) is 44.1 Å². The van der Waals surface area contributed by atoms with E-state index in [0.29, 0.717) is 6.61 Å². The summed E-state index contributed by atoms with van der Waals surface area (Å²) in [4.78, 5) is 11.6. The first-order valence-corrected chi connectivity index (χ1v) is 7.53. The van der Waals surface area contributed by atoms with Gasteiger partial charge in [0, 0.05) is 5.57 Å². The van der Waals surface area contributed by atoms with Crippen molar-refractivity contribution in [2.45, 2.75) is 79.1 Å². The standard InChI is InChI=1S/C16H30O2/c1-5-8-9-10-11-12-13-15(6-2)14(4)16(17)18-7-3/h5-13H2,1-4H3. The molecular weight excluding hydrogens is 224 g/mol. The summed E-state index contributed by atoms with van der Waals surface area (Å²) in [5, 5.41) is 0. The second kappa shape index (κ2) is 11.3. The molecule has 0 saturated carbocycles. The number of allylic oxidation sites excluding steroid dienone is 1. The van der Waals surface area contributed by atoms with Gasteiger partial charge >= 0.3 is 5.97 Å². The maximum Gasteiger partial charge on any atom is 0.333 e.